The van der Waals surface area contributed by atoms with Crippen molar-refractivity contribution in [2.75, 3.05) is 36.8 Å². The topological polar surface area (TPSA) is 82.7 Å². The summed E-state index contributed by atoms with van der Waals surface area (Å²) in [5.74, 6) is -2.10. The van der Waals surface area contributed by atoms with Crippen molar-refractivity contribution in [2.24, 2.45) is 5.92 Å². The zero-order valence-electron chi connectivity index (χ0n) is 20.6. The number of hydrogen-bond donors (Lipinski definition) is 3. The number of nitrogens with one attached hydrogen (secondary N) is 3. The van der Waals surface area contributed by atoms with E-state index in [-0.39, 0.29) is 24.5 Å². The summed E-state index contributed by atoms with van der Waals surface area (Å²) >= 11 is 1.92. The monoisotopic (exact) mass is 660 g/mol. The van der Waals surface area contributed by atoms with Gasteiger partial charge in [0.05, 0.1) is 18.5 Å². The summed E-state index contributed by atoms with van der Waals surface area (Å²) in [6.07, 6.45) is 1.29. The molecular weight excluding hydrogens is 632 g/mol. The van der Waals surface area contributed by atoms with Gasteiger partial charge in [-0.05, 0) is 95.9 Å². The standard InChI is InChI=1S/C26H28F3IN4O3S/c1-37-20-5-2-17(3-6-20)15-31-16-18-10-12-34(13-11-18)38(35,36)33-24-9-7-21(27)25(29)26(24)32-23-8-4-19(30)14-22(23)28/h2-9,14,18,31-33H,10-13,15-16H2,1H3. The van der Waals surface area contributed by atoms with Crippen LogP contribution in [0.15, 0.2) is 54.6 Å². The number of hydrogen-bond acceptors (Lipinski definition) is 5. The molecule has 0 aromatic heterocycles. The average Bonchev–Trinajstić information content (AvgIpc) is 2.90. The number of methoxy groups -OCH3 is 1. The molecule has 7 nitrogen and oxygen atoms in total. The van der Waals surface area contributed by atoms with Crippen molar-refractivity contribution < 1.29 is 26.3 Å². The van der Waals surface area contributed by atoms with Crippen LogP contribution in [0.3, 0.4) is 0 Å². The minimum absolute atomic E-state index is 0.113. The fourth-order valence-corrected chi connectivity index (χ4v) is 5.93. The van der Waals surface area contributed by atoms with E-state index in [9.17, 15) is 21.6 Å². The van der Waals surface area contributed by atoms with E-state index in [1.165, 1.54) is 16.4 Å². The van der Waals surface area contributed by atoms with Crippen molar-refractivity contribution in [3.8, 4) is 5.75 Å². The highest BCUT2D eigenvalue weighted by Gasteiger charge is 2.29. The molecule has 3 N–H and O–H groups in total. The molecule has 1 fully saturated rings. The first-order valence-corrected chi connectivity index (χ1v) is 14.5. The molecule has 1 aliphatic heterocycles. The Kier molecular flexibility index (Phi) is 9.39. The van der Waals surface area contributed by atoms with Crippen LogP contribution in [0.1, 0.15) is 18.4 Å². The Bertz CT molecular complexity index is 1370. The minimum atomic E-state index is -4.06. The van der Waals surface area contributed by atoms with Gasteiger partial charge in [0, 0.05) is 23.2 Å². The van der Waals surface area contributed by atoms with Crippen LogP contribution in [0.2, 0.25) is 0 Å². The normalized spacial score (nSPS) is 14.9. The van der Waals surface area contributed by atoms with E-state index in [0.717, 1.165) is 30.0 Å². The molecule has 12 heteroatoms. The van der Waals surface area contributed by atoms with E-state index in [1.807, 2.05) is 46.9 Å². The number of piperidine rings is 1. The molecule has 0 atom stereocenters. The fraction of sp³-hybridized carbons (Fsp3) is 0.308. The summed E-state index contributed by atoms with van der Waals surface area (Å²) in [7, 11) is -2.44. The second-order valence-electron chi connectivity index (χ2n) is 8.96. The summed E-state index contributed by atoms with van der Waals surface area (Å²) in [4.78, 5) is 0. The lowest BCUT2D eigenvalue weighted by Gasteiger charge is -2.31. The molecule has 0 aliphatic carbocycles. The van der Waals surface area contributed by atoms with Crippen LogP contribution in [0.4, 0.5) is 30.2 Å². The van der Waals surface area contributed by atoms with E-state index in [1.54, 1.807) is 13.2 Å². The number of rotatable bonds is 10. The van der Waals surface area contributed by atoms with Crippen molar-refractivity contribution in [2.45, 2.75) is 19.4 Å². The Morgan fingerprint density at radius 3 is 2.32 bits per heavy atom. The van der Waals surface area contributed by atoms with E-state index in [4.69, 9.17) is 4.74 Å². The molecule has 0 radical (unpaired) electrons. The Labute approximate surface area is 234 Å². The summed E-state index contributed by atoms with van der Waals surface area (Å²) in [6.45, 7) is 1.99. The maximum absolute atomic E-state index is 14.7. The van der Waals surface area contributed by atoms with Crippen molar-refractivity contribution in [3.63, 3.8) is 0 Å². The minimum Gasteiger partial charge on any atom is -0.497 e. The lowest BCUT2D eigenvalue weighted by molar-refractivity contribution is 0.268. The molecule has 0 spiro atoms. The maximum Gasteiger partial charge on any atom is 0.301 e. The quantitative estimate of drug-likeness (QED) is 0.246. The Morgan fingerprint density at radius 1 is 0.974 bits per heavy atom. The molecule has 3 aromatic carbocycles. The zero-order chi connectivity index (χ0) is 27.3. The SMILES string of the molecule is COc1ccc(CNCC2CCN(S(=O)(=O)Nc3ccc(F)c(F)c3Nc3ccc(I)cc3F)CC2)cc1. The number of ether oxygens (including phenoxy) is 1. The van der Waals surface area contributed by atoms with Crippen LogP contribution in [-0.2, 0) is 16.8 Å². The second kappa shape index (κ2) is 12.5. The van der Waals surface area contributed by atoms with Crippen molar-refractivity contribution in [1.29, 1.82) is 0 Å². The van der Waals surface area contributed by atoms with Gasteiger partial charge in [-0.1, -0.05) is 12.1 Å². The van der Waals surface area contributed by atoms with Gasteiger partial charge in [-0.15, -0.1) is 0 Å². The van der Waals surface area contributed by atoms with Gasteiger partial charge in [0.25, 0.3) is 0 Å². The Hall–Kier alpha value is -2.55. The molecule has 204 valence electrons. The number of anilines is 3. The molecule has 1 aliphatic rings. The molecule has 0 unspecified atom stereocenters. The second-order valence-corrected chi connectivity index (χ2v) is 11.9. The first-order valence-electron chi connectivity index (χ1n) is 12.0. The summed E-state index contributed by atoms with van der Waals surface area (Å²) < 4.78 is 78.6. The molecule has 4 rings (SSSR count). The van der Waals surface area contributed by atoms with Crippen molar-refractivity contribution in [3.05, 3.63) is 81.2 Å². The molecular formula is C26H28F3IN4O3S. The van der Waals surface area contributed by atoms with Gasteiger partial charge in [0.1, 0.15) is 17.3 Å². The highest BCUT2D eigenvalue weighted by molar-refractivity contribution is 14.1. The van der Waals surface area contributed by atoms with Crippen LogP contribution < -0.4 is 20.1 Å². The van der Waals surface area contributed by atoms with Crippen LogP contribution in [0.25, 0.3) is 0 Å². The third-order valence-electron chi connectivity index (χ3n) is 6.36. The third kappa shape index (κ3) is 7.10. The highest BCUT2D eigenvalue weighted by atomic mass is 127. The lowest BCUT2D eigenvalue weighted by atomic mass is 9.98. The number of halogens is 4. The number of nitrogens with zero attached hydrogens (tertiary/aromatic N) is 1. The maximum atomic E-state index is 14.7. The predicted octanol–water partition coefficient (Wildman–Crippen LogP) is 5.62. The predicted molar refractivity (Wildman–Crippen MR) is 150 cm³/mol. The van der Waals surface area contributed by atoms with Crippen LogP contribution in [0, 0.1) is 26.9 Å². The third-order valence-corrected chi connectivity index (χ3v) is 8.55. The van der Waals surface area contributed by atoms with Crippen LogP contribution >= 0.6 is 22.6 Å². The Balaban J connectivity index is 1.36. The van der Waals surface area contributed by atoms with Gasteiger partial charge in [-0.25, -0.2) is 13.2 Å². The van der Waals surface area contributed by atoms with E-state index >= 15 is 0 Å². The summed E-state index contributed by atoms with van der Waals surface area (Å²) in [5, 5.41) is 5.91. The summed E-state index contributed by atoms with van der Waals surface area (Å²) in [6, 6.07) is 13.9. The van der Waals surface area contributed by atoms with Gasteiger partial charge >= 0.3 is 10.2 Å². The smallest absolute Gasteiger partial charge is 0.301 e. The van der Waals surface area contributed by atoms with Crippen LogP contribution in [0.5, 0.6) is 5.75 Å². The van der Waals surface area contributed by atoms with Crippen molar-refractivity contribution >= 4 is 49.9 Å². The fourth-order valence-electron chi connectivity index (χ4n) is 4.20. The van der Waals surface area contributed by atoms with Gasteiger partial charge in [0.2, 0.25) is 0 Å². The molecule has 38 heavy (non-hydrogen) atoms. The molecule has 1 saturated heterocycles. The number of benzene rings is 3. The van der Waals surface area contributed by atoms with Gasteiger partial charge < -0.3 is 15.4 Å². The first-order chi connectivity index (χ1) is 18.2. The molecule has 0 bridgehead atoms. The average molecular weight is 660 g/mol. The van der Waals surface area contributed by atoms with E-state index in [2.05, 4.69) is 15.4 Å². The zero-order valence-corrected chi connectivity index (χ0v) is 23.6. The molecule has 0 amide bonds. The largest absolute Gasteiger partial charge is 0.497 e. The summed E-state index contributed by atoms with van der Waals surface area (Å²) in [5.41, 5.74) is 0.297. The Morgan fingerprint density at radius 2 is 1.66 bits per heavy atom. The van der Waals surface area contributed by atoms with E-state index < -0.39 is 33.3 Å². The van der Waals surface area contributed by atoms with E-state index in [0.29, 0.717) is 28.9 Å². The van der Waals surface area contributed by atoms with Crippen LogP contribution in [-0.4, -0.2) is 39.5 Å². The molecule has 0 saturated carbocycles. The van der Waals surface area contributed by atoms with Gasteiger partial charge in [0.15, 0.2) is 11.6 Å². The molecule has 1 heterocycles. The first kappa shape index (κ1) is 28.5. The molecule has 3 aromatic rings. The van der Waals surface area contributed by atoms with Crippen molar-refractivity contribution in [1.82, 2.24) is 9.62 Å². The highest BCUT2D eigenvalue weighted by Crippen LogP contribution is 2.33. The van der Waals surface area contributed by atoms with Gasteiger partial charge in [-0.2, -0.15) is 12.7 Å². The van der Waals surface area contributed by atoms with Gasteiger partial charge in [-0.3, -0.25) is 4.72 Å². The lowest BCUT2D eigenvalue weighted by Crippen LogP contribution is -2.43.